The van der Waals surface area contributed by atoms with E-state index in [0.29, 0.717) is 19.6 Å². The van der Waals surface area contributed by atoms with E-state index in [9.17, 15) is 10.1 Å². The van der Waals surface area contributed by atoms with Crippen molar-refractivity contribution in [3.05, 3.63) is 113 Å². The molecule has 1 fully saturated rings. The lowest BCUT2D eigenvalue weighted by Crippen LogP contribution is -2.50. The van der Waals surface area contributed by atoms with Gasteiger partial charge in [0.15, 0.2) is 0 Å². The molecule has 0 unspecified atom stereocenters. The summed E-state index contributed by atoms with van der Waals surface area (Å²) in [5.41, 5.74) is 3.63. The molecule has 6 heteroatoms. The van der Waals surface area contributed by atoms with Crippen LogP contribution in [0.1, 0.15) is 22.7 Å². The molecule has 3 aromatic rings. The predicted octanol–water partition coefficient (Wildman–Crippen LogP) is 4.13. The molecule has 0 radical (unpaired) electrons. The summed E-state index contributed by atoms with van der Waals surface area (Å²) in [5, 5.41) is 12.7. The number of hydrogen-bond donors (Lipinski definition) is 1. The normalized spacial score (nSPS) is 14.4. The molecule has 178 valence electrons. The van der Waals surface area contributed by atoms with E-state index in [0.717, 1.165) is 24.4 Å². The maximum Gasteiger partial charge on any atom is 0.266 e. The average Bonchev–Trinajstić information content (AvgIpc) is 2.93. The van der Waals surface area contributed by atoms with Gasteiger partial charge in [-0.2, -0.15) is 5.26 Å². The number of rotatable bonds is 8. The molecule has 35 heavy (non-hydrogen) atoms. The van der Waals surface area contributed by atoms with Gasteiger partial charge in [0.05, 0.1) is 13.2 Å². The molecule has 0 saturated carbocycles. The highest BCUT2D eigenvalue weighted by molar-refractivity contribution is 5.97. The molecule has 1 aliphatic heterocycles. The van der Waals surface area contributed by atoms with Crippen molar-refractivity contribution in [2.24, 2.45) is 0 Å². The Bertz CT molecular complexity index is 1120. The Morgan fingerprint density at radius 1 is 0.943 bits per heavy atom. The van der Waals surface area contributed by atoms with Gasteiger partial charge in [-0.1, -0.05) is 72.8 Å². The quantitative estimate of drug-likeness (QED) is 0.399. The lowest BCUT2D eigenvalue weighted by molar-refractivity contribution is -0.128. The zero-order valence-electron chi connectivity index (χ0n) is 19.9. The van der Waals surface area contributed by atoms with Crippen molar-refractivity contribution in [1.29, 1.82) is 5.26 Å². The summed E-state index contributed by atoms with van der Waals surface area (Å²) in [6.45, 7) is 3.14. The number of piperazine rings is 1. The van der Waals surface area contributed by atoms with Crippen LogP contribution in [0.4, 0.5) is 0 Å². The number of nitrogens with zero attached hydrogens (tertiary/aromatic N) is 3. The summed E-state index contributed by atoms with van der Waals surface area (Å²) in [4.78, 5) is 17.2. The Labute approximate surface area is 207 Å². The standard InChI is InChI=1S/C29H30N4O2/c1-35-27-14-12-23(13-15-27)21-31-22-26(20-30)29(34)33-18-16-32(17-19-33)28(24-8-4-2-5-9-24)25-10-6-3-7-11-25/h2-15,22,28,31H,16-19,21H2,1H3/b26-22-. The van der Waals surface area contributed by atoms with Gasteiger partial charge in [-0.3, -0.25) is 9.69 Å². The van der Waals surface area contributed by atoms with E-state index in [-0.39, 0.29) is 17.5 Å². The van der Waals surface area contributed by atoms with Crippen molar-refractivity contribution in [3.8, 4) is 11.8 Å². The third-order valence-corrected chi connectivity index (χ3v) is 6.26. The third-order valence-electron chi connectivity index (χ3n) is 6.26. The molecule has 4 rings (SSSR count). The number of hydrogen-bond acceptors (Lipinski definition) is 5. The van der Waals surface area contributed by atoms with Crippen LogP contribution in [0, 0.1) is 11.3 Å². The molecule has 1 amide bonds. The van der Waals surface area contributed by atoms with E-state index in [2.05, 4.69) is 64.8 Å². The highest BCUT2D eigenvalue weighted by Gasteiger charge is 2.29. The number of nitrogens with one attached hydrogen (secondary N) is 1. The number of benzene rings is 3. The molecule has 0 spiro atoms. The van der Waals surface area contributed by atoms with Crippen LogP contribution >= 0.6 is 0 Å². The van der Waals surface area contributed by atoms with E-state index >= 15 is 0 Å². The van der Waals surface area contributed by atoms with Gasteiger partial charge in [0.25, 0.3) is 5.91 Å². The summed E-state index contributed by atoms with van der Waals surface area (Å²) in [7, 11) is 1.63. The Morgan fingerprint density at radius 3 is 2.03 bits per heavy atom. The van der Waals surface area contributed by atoms with Crippen molar-refractivity contribution in [1.82, 2.24) is 15.1 Å². The molecule has 1 heterocycles. The molecule has 6 nitrogen and oxygen atoms in total. The first-order valence-electron chi connectivity index (χ1n) is 11.8. The maximum absolute atomic E-state index is 13.0. The van der Waals surface area contributed by atoms with Crippen LogP contribution in [0.5, 0.6) is 5.75 Å². The molecule has 1 N–H and O–H groups in total. The molecular formula is C29H30N4O2. The minimum atomic E-state index is -0.231. The average molecular weight is 467 g/mol. The monoisotopic (exact) mass is 466 g/mol. The van der Waals surface area contributed by atoms with Crippen molar-refractivity contribution in [2.45, 2.75) is 12.6 Å². The van der Waals surface area contributed by atoms with Crippen LogP contribution < -0.4 is 10.1 Å². The number of nitriles is 1. The first-order chi connectivity index (χ1) is 17.2. The highest BCUT2D eigenvalue weighted by atomic mass is 16.5. The predicted molar refractivity (Wildman–Crippen MR) is 136 cm³/mol. The number of methoxy groups -OCH3 is 1. The van der Waals surface area contributed by atoms with E-state index in [1.807, 2.05) is 36.4 Å². The van der Waals surface area contributed by atoms with Crippen LogP contribution in [0.15, 0.2) is 96.7 Å². The van der Waals surface area contributed by atoms with Crippen molar-refractivity contribution in [3.63, 3.8) is 0 Å². The van der Waals surface area contributed by atoms with Gasteiger partial charge in [0.1, 0.15) is 17.4 Å². The zero-order valence-corrected chi connectivity index (χ0v) is 19.9. The van der Waals surface area contributed by atoms with E-state index in [4.69, 9.17) is 4.74 Å². The first-order valence-corrected chi connectivity index (χ1v) is 11.8. The topological polar surface area (TPSA) is 68.6 Å². The van der Waals surface area contributed by atoms with Crippen molar-refractivity contribution in [2.75, 3.05) is 33.3 Å². The maximum atomic E-state index is 13.0. The van der Waals surface area contributed by atoms with Crippen LogP contribution in [0.2, 0.25) is 0 Å². The van der Waals surface area contributed by atoms with Gasteiger partial charge in [-0.25, -0.2) is 0 Å². The summed E-state index contributed by atoms with van der Waals surface area (Å²) in [6, 6.07) is 30.8. The molecule has 0 aliphatic carbocycles. The van der Waals surface area contributed by atoms with Crippen LogP contribution in [-0.4, -0.2) is 49.0 Å². The minimum absolute atomic E-state index is 0.120. The lowest BCUT2D eigenvalue weighted by Gasteiger charge is -2.39. The molecule has 1 saturated heterocycles. The SMILES string of the molecule is COc1ccc(CN/C=C(/C#N)C(=O)N2CCN(C(c3ccccc3)c3ccccc3)CC2)cc1. The van der Waals surface area contributed by atoms with E-state index < -0.39 is 0 Å². The van der Waals surface area contributed by atoms with Crippen molar-refractivity contribution >= 4 is 5.91 Å². The molecule has 0 bridgehead atoms. The van der Waals surface area contributed by atoms with Gasteiger partial charge in [0.2, 0.25) is 0 Å². The highest BCUT2D eigenvalue weighted by Crippen LogP contribution is 2.29. The molecule has 3 aromatic carbocycles. The van der Waals surface area contributed by atoms with Crippen LogP contribution in [0.3, 0.4) is 0 Å². The Morgan fingerprint density at radius 2 is 1.51 bits per heavy atom. The minimum Gasteiger partial charge on any atom is -0.497 e. The smallest absolute Gasteiger partial charge is 0.266 e. The Hall–Kier alpha value is -4.08. The van der Waals surface area contributed by atoms with Crippen LogP contribution in [0.25, 0.3) is 0 Å². The van der Waals surface area contributed by atoms with Gasteiger partial charge >= 0.3 is 0 Å². The van der Waals surface area contributed by atoms with Crippen molar-refractivity contribution < 1.29 is 9.53 Å². The number of carbonyl (C=O) groups is 1. The molecular weight excluding hydrogens is 436 g/mol. The van der Waals surface area contributed by atoms with E-state index in [1.54, 1.807) is 12.0 Å². The number of carbonyl (C=O) groups excluding carboxylic acids is 1. The second-order valence-electron chi connectivity index (χ2n) is 8.45. The van der Waals surface area contributed by atoms with Crippen LogP contribution in [-0.2, 0) is 11.3 Å². The lowest BCUT2D eigenvalue weighted by atomic mass is 9.96. The fourth-order valence-electron chi connectivity index (χ4n) is 4.39. The number of amides is 1. The molecule has 0 aromatic heterocycles. The van der Waals surface area contributed by atoms with Gasteiger partial charge in [-0.05, 0) is 28.8 Å². The second-order valence-corrected chi connectivity index (χ2v) is 8.45. The Balaban J connectivity index is 1.38. The summed E-state index contributed by atoms with van der Waals surface area (Å²) < 4.78 is 5.17. The fraction of sp³-hybridized carbons (Fsp3) is 0.241. The summed E-state index contributed by atoms with van der Waals surface area (Å²) >= 11 is 0. The summed E-state index contributed by atoms with van der Waals surface area (Å²) in [6.07, 6.45) is 1.52. The fourth-order valence-corrected chi connectivity index (χ4v) is 4.39. The van der Waals surface area contributed by atoms with Gasteiger partial charge < -0.3 is 15.0 Å². The largest absolute Gasteiger partial charge is 0.497 e. The zero-order chi connectivity index (χ0) is 24.5. The third kappa shape index (κ3) is 6.08. The van der Waals surface area contributed by atoms with Gasteiger partial charge in [-0.15, -0.1) is 0 Å². The molecule has 1 aliphatic rings. The van der Waals surface area contributed by atoms with E-state index in [1.165, 1.54) is 17.3 Å². The van der Waals surface area contributed by atoms with Gasteiger partial charge in [0, 0.05) is 38.9 Å². The first kappa shape index (κ1) is 24.1. The second kappa shape index (κ2) is 11.9. The molecule has 0 atom stereocenters. The Kier molecular flexibility index (Phi) is 8.16. The number of ether oxygens (including phenoxy) is 1. The summed E-state index contributed by atoms with van der Waals surface area (Å²) in [5.74, 6) is 0.559.